The summed E-state index contributed by atoms with van der Waals surface area (Å²) < 4.78 is 0. The van der Waals surface area contributed by atoms with Crippen LogP contribution in [0.4, 0.5) is 0 Å². The minimum absolute atomic E-state index is 0.0781. The topological polar surface area (TPSA) is 142 Å². The molecule has 7 nitrogen and oxygen atoms in total. The zero-order valence-corrected chi connectivity index (χ0v) is 18.3. The van der Waals surface area contributed by atoms with Gasteiger partial charge in [0.2, 0.25) is 0 Å². The molecule has 2 aliphatic carbocycles. The summed E-state index contributed by atoms with van der Waals surface area (Å²) in [4.78, 5) is 0. The lowest BCUT2D eigenvalue weighted by molar-refractivity contribution is 0.402. The van der Waals surface area contributed by atoms with E-state index in [0.717, 1.165) is 5.56 Å². The van der Waals surface area contributed by atoms with E-state index in [-0.39, 0.29) is 52.1 Å². The molecule has 0 heterocycles. The maximum Gasteiger partial charge on any atom is 0.157 e. The van der Waals surface area contributed by atoms with Crippen LogP contribution in [0.15, 0.2) is 66.7 Å². The van der Waals surface area contributed by atoms with Crippen molar-refractivity contribution in [2.24, 2.45) is 0 Å². The molecule has 176 valence electrons. The molecule has 4 aromatic rings. The summed E-state index contributed by atoms with van der Waals surface area (Å²) in [5, 5.41) is 72.7. The Morgan fingerprint density at radius 3 is 1.40 bits per heavy atom. The molecule has 0 spiro atoms. The van der Waals surface area contributed by atoms with Gasteiger partial charge in [-0.2, -0.15) is 0 Å². The third kappa shape index (κ3) is 2.98. The average Bonchev–Trinajstić information content (AvgIpc) is 3.30. The molecule has 0 radical (unpaired) electrons. The molecular formula is C28H22O7. The zero-order chi connectivity index (χ0) is 24.6. The van der Waals surface area contributed by atoms with Crippen LogP contribution in [-0.2, 0) is 0 Å². The average molecular weight is 470 g/mol. The number of fused-ring (bicyclic) bond motifs is 5. The number of phenols is 7. The van der Waals surface area contributed by atoms with E-state index in [1.807, 2.05) is 0 Å². The van der Waals surface area contributed by atoms with E-state index in [9.17, 15) is 35.7 Å². The van der Waals surface area contributed by atoms with E-state index in [1.165, 1.54) is 24.3 Å². The number of hydrogen-bond acceptors (Lipinski definition) is 7. The van der Waals surface area contributed by atoms with Crippen molar-refractivity contribution < 1.29 is 35.7 Å². The number of hydrogen-bond donors (Lipinski definition) is 7. The maximum absolute atomic E-state index is 11.0. The van der Waals surface area contributed by atoms with Crippen molar-refractivity contribution in [2.45, 2.75) is 23.7 Å². The summed E-state index contributed by atoms with van der Waals surface area (Å²) in [5.74, 6) is -2.55. The second-order valence-electron chi connectivity index (χ2n) is 9.28. The second kappa shape index (κ2) is 7.24. The summed E-state index contributed by atoms with van der Waals surface area (Å²) >= 11 is 0. The second-order valence-corrected chi connectivity index (χ2v) is 9.28. The first-order valence-electron chi connectivity index (χ1n) is 11.2. The number of phenolic OH excluding ortho intramolecular Hbond substituents is 7. The van der Waals surface area contributed by atoms with Gasteiger partial charge < -0.3 is 35.7 Å². The highest BCUT2D eigenvalue weighted by Crippen LogP contribution is 2.69. The summed E-state index contributed by atoms with van der Waals surface area (Å²) in [5.41, 5.74) is 3.97. The fourth-order valence-electron chi connectivity index (χ4n) is 6.20. The molecule has 4 atom stereocenters. The van der Waals surface area contributed by atoms with Crippen LogP contribution >= 0.6 is 0 Å². The van der Waals surface area contributed by atoms with Crippen LogP contribution in [-0.4, -0.2) is 35.7 Å². The largest absolute Gasteiger partial charge is 0.508 e. The number of benzene rings is 4. The van der Waals surface area contributed by atoms with Gasteiger partial charge in [0.25, 0.3) is 0 Å². The lowest BCUT2D eigenvalue weighted by atomic mass is 9.79. The van der Waals surface area contributed by atoms with E-state index < -0.39 is 11.8 Å². The minimum Gasteiger partial charge on any atom is -0.508 e. The van der Waals surface area contributed by atoms with Gasteiger partial charge in [-0.25, -0.2) is 0 Å². The predicted octanol–water partition coefficient (Wildman–Crippen LogP) is 4.78. The van der Waals surface area contributed by atoms with Crippen LogP contribution in [0.25, 0.3) is 0 Å². The van der Waals surface area contributed by atoms with Crippen LogP contribution in [0.2, 0.25) is 0 Å². The molecule has 7 heteroatoms. The van der Waals surface area contributed by atoms with Gasteiger partial charge in [0, 0.05) is 46.9 Å². The van der Waals surface area contributed by atoms with Gasteiger partial charge in [0.15, 0.2) is 11.5 Å². The standard InChI is InChI=1S/C28H22O7/c29-14-4-1-12(2-5-14)23-25-17(8-15(30)10-21(25)34)28-24(13-3-6-19(32)20(33)7-13)26-18(27(23)28)9-16(31)11-22(26)35/h1-11,23-24,27-35H/t23-,24-,27+,28+/m0/s1. The highest BCUT2D eigenvalue weighted by molar-refractivity contribution is 5.68. The van der Waals surface area contributed by atoms with Crippen molar-refractivity contribution in [3.8, 4) is 40.2 Å². The van der Waals surface area contributed by atoms with Crippen molar-refractivity contribution in [3.63, 3.8) is 0 Å². The lowest BCUT2D eigenvalue weighted by Crippen LogP contribution is -2.10. The fourth-order valence-corrected chi connectivity index (χ4v) is 6.20. The van der Waals surface area contributed by atoms with Crippen LogP contribution in [0, 0.1) is 0 Å². The summed E-state index contributed by atoms with van der Waals surface area (Å²) in [6, 6.07) is 16.9. The molecule has 4 aromatic carbocycles. The molecule has 7 N–H and O–H groups in total. The molecule has 0 aromatic heterocycles. The molecule has 0 unspecified atom stereocenters. The molecule has 2 aliphatic rings. The predicted molar refractivity (Wildman–Crippen MR) is 127 cm³/mol. The van der Waals surface area contributed by atoms with Gasteiger partial charge in [-0.05, 0) is 58.7 Å². The molecule has 0 saturated carbocycles. The van der Waals surface area contributed by atoms with Crippen LogP contribution in [0.5, 0.6) is 40.2 Å². The smallest absolute Gasteiger partial charge is 0.157 e. The van der Waals surface area contributed by atoms with E-state index >= 15 is 0 Å². The van der Waals surface area contributed by atoms with E-state index in [2.05, 4.69) is 0 Å². The molecule has 35 heavy (non-hydrogen) atoms. The van der Waals surface area contributed by atoms with Gasteiger partial charge in [-0.3, -0.25) is 0 Å². The van der Waals surface area contributed by atoms with Crippen LogP contribution in [0.1, 0.15) is 57.1 Å². The highest BCUT2D eigenvalue weighted by Gasteiger charge is 2.54. The Labute approximate surface area is 200 Å². The Kier molecular flexibility index (Phi) is 4.35. The van der Waals surface area contributed by atoms with Crippen LogP contribution < -0.4 is 0 Å². The fraction of sp³-hybridized carbons (Fsp3) is 0.143. The summed E-state index contributed by atoms with van der Waals surface area (Å²) in [6.07, 6.45) is 0. The van der Waals surface area contributed by atoms with Crippen molar-refractivity contribution in [1.82, 2.24) is 0 Å². The normalized spacial score (nSPS) is 21.9. The molecule has 6 rings (SSSR count). The third-order valence-corrected chi connectivity index (χ3v) is 7.41. The van der Waals surface area contributed by atoms with E-state index in [4.69, 9.17) is 0 Å². The van der Waals surface area contributed by atoms with Gasteiger partial charge in [-0.1, -0.05) is 18.2 Å². The monoisotopic (exact) mass is 470 g/mol. The van der Waals surface area contributed by atoms with Gasteiger partial charge in [0.05, 0.1) is 0 Å². The quantitative estimate of drug-likeness (QED) is 0.209. The Bertz CT molecular complexity index is 1490. The summed E-state index contributed by atoms with van der Waals surface area (Å²) in [7, 11) is 0. The third-order valence-electron chi connectivity index (χ3n) is 7.41. The molecule has 0 bridgehead atoms. The maximum atomic E-state index is 11.0. The number of rotatable bonds is 2. The van der Waals surface area contributed by atoms with E-state index in [1.54, 1.807) is 42.5 Å². The Morgan fingerprint density at radius 2 is 0.886 bits per heavy atom. The van der Waals surface area contributed by atoms with Gasteiger partial charge in [0.1, 0.15) is 28.7 Å². The van der Waals surface area contributed by atoms with Crippen molar-refractivity contribution in [3.05, 3.63) is 100 Å². The van der Waals surface area contributed by atoms with Crippen molar-refractivity contribution in [1.29, 1.82) is 0 Å². The van der Waals surface area contributed by atoms with Crippen LogP contribution in [0.3, 0.4) is 0 Å². The zero-order valence-electron chi connectivity index (χ0n) is 18.3. The molecule has 0 amide bonds. The first-order chi connectivity index (χ1) is 16.7. The first-order valence-corrected chi connectivity index (χ1v) is 11.2. The SMILES string of the molecule is Oc1ccc([C@H]2c3c(O)cc(O)cc3[C@@H]3[C@@H](c4ccc(O)c(O)c4)c4c(O)cc(O)cc4[C@H]23)cc1. The lowest BCUT2D eigenvalue weighted by Gasteiger charge is -2.23. The van der Waals surface area contributed by atoms with E-state index in [0.29, 0.717) is 27.8 Å². The Balaban J connectivity index is 1.68. The van der Waals surface area contributed by atoms with Crippen molar-refractivity contribution in [2.75, 3.05) is 0 Å². The first kappa shape index (κ1) is 21.0. The summed E-state index contributed by atoms with van der Waals surface area (Å²) in [6.45, 7) is 0. The van der Waals surface area contributed by atoms with Crippen molar-refractivity contribution >= 4 is 0 Å². The molecular weight excluding hydrogens is 448 g/mol. The highest BCUT2D eigenvalue weighted by atomic mass is 16.3. The molecule has 0 aliphatic heterocycles. The number of aromatic hydroxyl groups is 7. The molecule has 0 saturated heterocycles. The molecule has 0 fully saturated rings. The minimum atomic E-state index is -0.510. The van der Waals surface area contributed by atoms with Gasteiger partial charge >= 0.3 is 0 Å². The van der Waals surface area contributed by atoms with Gasteiger partial charge in [-0.15, -0.1) is 0 Å². The Hall–Kier alpha value is -4.52. The Morgan fingerprint density at radius 1 is 0.400 bits per heavy atom.